The lowest BCUT2D eigenvalue weighted by atomic mass is 10.1. The van der Waals surface area contributed by atoms with Gasteiger partial charge in [0, 0.05) is 16.8 Å². The second-order valence-electron chi connectivity index (χ2n) is 7.75. The average Bonchev–Trinajstić information content (AvgIpc) is 3.16. The molecule has 0 bridgehead atoms. The predicted octanol–water partition coefficient (Wildman–Crippen LogP) is 6.09. The molecule has 0 atom stereocenters. The van der Waals surface area contributed by atoms with Crippen molar-refractivity contribution in [3.8, 4) is 17.2 Å². The number of anilines is 1. The third kappa shape index (κ3) is 4.51. The van der Waals surface area contributed by atoms with Gasteiger partial charge in [-0.2, -0.15) is 0 Å². The molecule has 4 rings (SSSR count). The zero-order valence-corrected chi connectivity index (χ0v) is 17.3. The van der Waals surface area contributed by atoms with Crippen LogP contribution in [0.2, 0.25) is 0 Å². The summed E-state index contributed by atoms with van der Waals surface area (Å²) in [7, 11) is 0. The largest absolute Gasteiger partial charge is 0.493 e. The van der Waals surface area contributed by atoms with Crippen molar-refractivity contribution >= 4 is 22.7 Å². The number of aromatic nitrogens is 1. The van der Waals surface area contributed by atoms with Gasteiger partial charge in [-0.1, -0.05) is 26.0 Å². The smallest absolute Gasteiger partial charge is 0.255 e. The maximum atomic E-state index is 12.6. The highest BCUT2D eigenvalue weighted by atomic mass is 16.5. The van der Waals surface area contributed by atoms with Gasteiger partial charge in [0.05, 0.1) is 6.61 Å². The quantitative estimate of drug-likeness (QED) is 0.425. The lowest BCUT2D eigenvalue weighted by Crippen LogP contribution is -2.12. The Balaban J connectivity index is 1.49. The maximum Gasteiger partial charge on any atom is 0.255 e. The van der Waals surface area contributed by atoms with Crippen LogP contribution >= 0.6 is 0 Å². The Morgan fingerprint density at radius 2 is 1.87 bits per heavy atom. The topological polar surface area (TPSA) is 64.4 Å². The number of fused-ring (bicyclic) bond motifs is 1. The molecule has 152 valence electrons. The molecule has 0 aliphatic carbocycles. The molecular formula is C25H24N2O3. The van der Waals surface area contributed by atoms with Crippen molar-refractivity contribution in [2.24, 2.45) is 5.92 Å². The molecular weight excluding hydrogens is 376 g/mol. The number of aryl methyl sites for hydroxylation is 1. The molecule has 0 aliphatic heterocycles. The molecule has 0 spiro atoms. The fourth-order valence-electron chi connectivity index (χ4n) is 3.06. The lowest BCUT2D eigenvalue weighted by molar-refractivity contribution is 0.102. The van der Waals surface area contributed by atoms with Crippen LogP contribution in [0.25, 0.3) is 22.6 Å². The minimum Gasteiger partial charge on any atom is -0.493 e. The lowest BCUT2D eigenvalue weighted by Gasteiger charge is -2.10. The van der Waals surface area contributed by atoms with Gasteiger partial charge in [-0.25, -0.2) is 4.98 Å². The van der Waals surface area contributed by atoms with Crippen molar-refractivity contribution in [1.29, 1.82) is 0 Å². The molecule has 0 fully saturated rings. The van der Waals surface area contributed by atoms with Gasteiger partial charge in [-0.3, -0.25) is 4.79 Å². The van der Waals surface area contributed by atoms with Gasteiger partial charge in [0.2, 0.25) is 5.89 Å². The van der Waals surface area contributed by atoms with Crippen molar-refractivity contribution in [2.45, 2.75) is 20.8 Å². The molecule has 3 aromatic carbocycles. The van der Waals surface area contributed by atoms with E-state index in [1.165, 1.54) is 0 Å². The van der Waals surface area contributed by atoms with E-state index in [0.29, 0.717) is 29.7 Å². The number of nitrogens with zero attached hydrogens (tertiary/aromatic N) is 1. The molecule has 1 amide bonds. The monoisotopic (exact) mass is 400 g/mol. The van der Waals surface area contributed by atoms with Crippen LogP contribution in [0, 0.1) is 12.8 Å². The number of carbonyl (C=O) groups excluding carboxylic acids is 1. The first-order chi connectivity index (χ1) is 14.5. The van der Waals surface area contributed by atoms with Gasteiger partial charge in [-0.15, -0.1) is 0 Å². The highest BCUT2D eigenvalue weighted by Crippen LogP contribution is 2.27. The molecule has 1 aromatic heterocycles. The second-order valence-corrected chi connectivity index (χ2v) is 7.75. The molecule has 0 saturated heterocycles. The Hall–Kier alpha value is -3.60. The van der Waals surface area contributed by atoms with E-state index >= 15 is 0 Å². The van der Waals surface area contributed by atoms with Crippen LogP contribution in [0.5, 0.6) is 5.75 Å². The van der Waals surface area contributed by atoms with Gasteiger partial charge in [-0.05, 0) is 73.0 Å². The number of rotatable bonds is 6. The number of hydrogen-bond acceptors (Lipinski definition) is 4. The molecule has 5 heteroatoms. The first-order valence-electron chi connectivity index (χ1n) is 10.00. The van der Waals surface area contributed by atoms with E-state index in [9.17, 15) is 4.79 Å². The van der Waals surface area contributed by atoms with Crippen molar-refractivity contribution in [3.63, 3.8) is 0 Å². The molecule has 1 heterocycles. The Bertz CT molecular complexity index is 1180. The second kappa shape index (κ2) is 8.41. The summed E-state index contributed by atoms with van der Waals surface area (Å²) in [5.74, 6) is 1.55. The Morgan fingerprint density at radius 1 is 1.07 bits per heavy atom. The van der Waals surface area contributed by atoms with Crippen LogP contribution in [0.4, 0.5) is 5.69 Å². The van der Waals surface area contributed by atoms with Gasteiger partial charge in [0.25, 0.3) is 5.91 Å². The van der Waals surface area contributed by atoms with Crippen molar-refractivity contribution in [2.75, 3.05) is 11.9 Å². The molecule has 0 unspecified atom stereocenters. The Labute approximate surface area is 175 Å². The number of amides is 1. The van der Waals surface area contributed by atoms with E-state index in [4.69, 9.17) is 9.15 Å². The fourth-order valence-corrected chi connectivity index (χ4v) is 3.06. The van der Waals surface area contributed by atoms with Crippen LogP contribution in [0.3, 0.4) is 0 Å². The Morgan fingerprint density at radius 3 is 2.63 bits per heavy atom. The first kappa shape index (κ1) is 19.7. The van der Waals surface area contributed by atoms with E-state index < -0.39 is 0 Å². The molecule has 5 nitrogen and oxygen atoms in total. The van der Waals surface area contributed by atoms with E-state index in [0.717, 1.165) is 28.0 Å². The standard InChI is InChI=1S/C25H24N2O3/c1-16(2)15-29-21-10-8-18(9-11-21)24(28)26-20-6-4-5-19(14-20)25-27-22-13-17(3)7-12-23(22)30-25/h4-14,16H,15H2,1-3H3,(H,26,28). The minimum absolute atomic E-state index is 0.184. The normalized spacial score (nSPS) is 11.1. The number of oxazole rings is 1. The zero-order valence-electron chi connectivity index (χ0n) is 17.3. The SMILES string of the molecule is Cc1ccc2oc(-c3cccc(NC(=O)c4ccc(OCC(C)C)cc4)c3)nc2c1. The van der Waals surface area contributed by atoms with Crippen LogP contribution in [0.15, 0.2) is 71.1 Å². The first-order valence-corrected chi connectivity index (χ1v) is 10.00. The van der Waals surface area contributed by atoms with Gasteiger partial charge >= 0.3 is 0 Å². The molecule has 1 N–H and O–H groups in total. The number of hydrogen-bond donors (Lipinski definition) is 1. The number of nitrogens with one attached hydrogen (secondary N) is 1. The van der Waals surface area contributed by atoms with Gasteiger partial charge in [0.15, 0.2) is 5.58 Å². The highest BCUT2D eigenvalue weighted by Gasteiger charge is 2.11. The molecule has 0 radical (unpaired) electrons. The van der Waals surface area contributed by atoms with Gasteiger partial charge in [0.1, 0.15) is 11.3 Å². The van der Waals surface area contributed by atoms with E-state index in [1.807, 2.05) is 61.5 Å². The Kier molecular flexibility index (Phi) is 5.53. The molecule has 30 heavy (non-hydrogen) atoms. The highest BCUT2D eigenvalue weighted by molar-refractivity contribution is 6.04. The minimum atomic E-state index is -0.184. The van der Waals surface area contributed by atoms with Crippen molar-refractivity contribution < 1.29 is 13.9 Å². The number of ether oxygens (including phenoxy) is 1. The summed E-state index contributed by atoms with van der Waals surface area (Å²) in [6, 6.07) is 20.5. The van der Waals surface area contributed by atoms with Crippen LogP contribution in [0.1, 0.15) is 29.8 Å². The van der Waals surface area contributed by atoms with Crippen molar-refractivity contribution in [3.05, 3.63) is 77.9 Å². The van der Waals surface area contributed by atoms with Crippen LogP contribution in [-0.4, -0.2) is 17.5 Å². The summed E-state index contributed by atoms with van der Waals surface area (Å²) < 4.78 is 11.5. The van der Waals surface area contributed by atoms with Gasteiger partial charge < -0.3 is 14.5 Å². The van der Waals surface area contributed by atoms with E-state index in [-0.39, 0.29) is 5.91 Å². The van der Waals surface area contributed by atoms with Crippen molar-refractivity contribution in [1.82, 2.24) is 4.98 Å². The zero-order chi connectivity index (χ0) is 21.1. The molecule has 4 aromatic rings. The third-order valence-corrected chi connectivity index (χ3v) is 4.61. The fraction of sp³-hybridized carbons (Fsp3) is 0.200. The summed E-state index contributed by atoms with van der Waals surface area (Å²) in [6.45, 7) is 6.86. The summed E-state index contributed by atoms with van der Waals surface area (Å²) in [6.07, 6.45) is 0. The van der Waals surface area contributed by atoms with Crippen LogP contribution in [-0.2, 0) is 0 Å². The van der Waals surface area contributed by atoms with E-state index in [2.05, 4.69) is 24.1 Å². The summed E-state index contributed by atoms with van der Waals surface area (Å²) >= 11 is 0. The molecule has 0 aliphatic rings. The predicted molar refractivity (Wildman–Crippen MR) is 119 cm³/mol. The average molecular weight is 400 g/mol. The number of benzene rings is 3. The number of carbonyl (C=O) groups is 1. The van der Waals surface area contributed by atoms with E-state index in [1.54, 1.807) is 12.1 Å². The third-order valence-electron chi connectivity index (χ3n) is 4.61. The van der Waals surface area contributed by atoms with Crippen LogP contribution < -0.4 is 10.1 Å². The summed E-state index contributed by atoms with van der Waals surface area (Å²) in [5.41, 5.74) is 4.73. The molecule has 0 saturated carbocycles. The summed E-state index contributed by atoms with van der Waals surface area (Å²) in [4.78, 5) is 17.2. The summed E-state index contributed by atoms with van der Waals surface area (Å²) in [5, 5.41) is 2.93. The maximum absolute atomic E-state index is 12.6.